The van der Waals surface area contributed by atoms with E-state index in [-0.39, 0.29) is 17.4 Å². The molecule has 0 bridgehead atoms. The predicted octanol–water partition coefficient (Wildman–Crippen LogP) is 2.78. The van der Waals surface area contributed by atoms with Crippen LogP contribution in [0.4, 0.5) is 11.5 Å². The van der Waals surface area contributed by atoms with Gasteiger partial charge >= 0.3 is 0 Å². The summed E-state index contributed by atoms with van der Waals surface area (Å²) in [6, 6.07) is 7.78. The van der Waals surface area contributed by atoms with E-state index in [1.54, 1.807) is 23.6 Å². The number of nitro groups is 1. The maximum atomic E-state index is 11.9. The molecule has 0 radical (unpaired) electrons. The van der Waals surface area contributed by atoms with Crippen LogP contribution in [0.5, 0.6) is 0 Å². The van der Waals surface area contributed by atoms with Crippen LogP contribution in [0.1, 0.15) is 9.67 Å². The monoisotopic (exact) mass is 288 g/mol. The molecule has 0 fully saturated rings. The van der Waals surface area contributed by atoms with Crippen LogP contribution in [0.25, 0.3) is 10.9 Å². The fourth-order valence-corrected chi connectivity index (χ4v) is 2.41. The molecule has 0 aliphatic rings. The lowest BCUT2D eigenvalue weighted by molar-refractivity contribution is -0.384. The average Bonchev–Trinajstić information content (AvgIpc) is 3.08. The third-order valence-corrected chi connectivity index (χ3v) is 3.60. The van der Waals surface area contributed by atoms with E-state index in [4.69, 9.17) is 0 Å². The number of carbonyl (C=O) groups excluding carboxylic acids is 1. The number of H-pyrrole nitrogens is 1. The first-order valence-electron chi connectivity index (χ1n) is 5.62. The molecule has 2 N–H and O–H groups in total. The Bertz CT molecular complexity index is 794. The average molecular weight is 288 g/mol. The normalized spacial score (nSPS) is 10.6. The number of hydrogen-bond acceptors (Lipinski definition) is 5. The van der Waals surface area contributed by atoms with Gasteiger partial charge in [-0.15, -0.1) is 11.3 Å². The highest BCUT2D eigenvalue weighted by Gasteiger charge is 2.14. The van der Waals surface area contributed by atoms with Gasteiger partial charge in [0.05, 0.1) is 20.7 Å². The molecule has 3 rings (SSSR count). The third-order valence-electron chi connectivity index (χ3n) is 2.73. The Hall–Kier alpha value is -2.74. The van der Waals surface area contributed by atoms with E-state index in [1.165, 1.54) is 23.5 Å². The molecule has 2 aromatic heterocycles. The van der Waals surface area contributed by atoms with E-state index >= 15 is 0 Å². The quantitative estimate of drug-likeness (QED) is 0.571. The molecule has 0 aliphatic carbocycles. The lowest BCUT2D eigenvalue weighted by Crippen LogP contribution is -2.10. The van der Waals surface area contributed by atoms with Crippen molar-refractivity contribution in [2.24, 2.45) is 0 Å². The van der Waals surface area contributed by atoms with Crippen molar-refractivity contribution in [1.29, 1.82) is 0 Å². The Kier molecular flexibility index (Phi) is 2.92. The standard InChI is InChI=1S/C12H8N4O3S/c17-12(10-2-1-5-20-10)13-11-8-6-7(16(18)19)3-4-9(8)14-15-11/h1-6H,(H2,13,14,15,17). The number of amides is 1. The summed E-state index contributed by atoms with van der Waals surface area (Å²) in [7, 11) is 0. The highest BCUT2D eigenvalue weighted by Crippen LogP contribution is 2.25. The van der Waals surface area contributed by atoms with Crippen LogP contribution in [0.3, 0.4) is 0 Å². The molecule has 0 saturated carbocycles. The lowest BCUT2D eigenvalue weighted by atomic mass is 10.2. The SMILES string of the molecule is O=C(Nc1n[nH]c2ccc([N+](=O)[O-])cc12)c1cccs1. The zero-order valence-corrected chi connectivity index (χ0v) is 10.8. The number of nitrogens with zero attached hydrogens (tertiary/aromatic N) is 2. The van der Waals surface area contributed by atoms with E-state index in [0.29, 0.717) is 15.8 Å². The summed E-state index contributed by atoms with van der Waals surface area (Å²) < 4.78 is 0. The Morgan fingerprint density at radius 3 is 2.95 bits per heavy atom. The number of benzene rings is 1. The topological polar surface area (TPSA) is 101 Å². The largest absolute Gasteiger partial charge is 0.304 e. The fourth-order valence-electron chi connectivity index (χ4n) is 1.79. The van der Waals surface area contributed by atoms with E-state index in [9.17, 15) is 14.9 Å². The first-order chi connectivity index (χ1) is 9.65. The molecule has 0 aliphatic heterocycles. The molecule has 1 amide bonds. The molecule has 0 unspecified atom stereocenters. The molecule has 0 saturated heterocycles. The van der Waals surface area contributed by atoms with Gasteiger partial charge in [0.1, 0.15) is 0 Å². The molecule has 7 nitrogen and oxygen atoms in total. The molecular formula is C12H8N4O3S. The van der Waals surface area contributed by atoms with Gasteiger partial charge in [-0.25, -0.2) is 0 Å². The summed E-state index contributed by atoms with van der Waals surface area (Å²) in [4.78, 5) is 22.8. The molecular weight excluding hydrogens is 280 g/mol. The molecule has 2 heterocycles. The van der Waals surface area contributed by atoms with Crippen LogP contribution < -0.4 is 5.32 Å². The number of nitro benzene ring substituents is 1. The first-order valence-corrected chi connectivity index (χ1v) is 6.50. The maximum absolute atomic E-state index is 11.9. The molecule has 3 aromatic rings. The van der Waals surface area contributed by atoms with E-state index < -0.39 is 4.92 Å². The predicted molar refractivity (Wildman–Crippen MR) is 75.0 cm³/mol. The molecule has 0 spiro atoms. The summed E-state index contributed by atoms with van der Waals surface area (Å²) in [6.45, 7) is 0. The van der Waals surface area contributed by atoms with Crippen LogP contribution in [-0.4, -0.2) is 21.0 Å². The Morgan fingerprint density at radius 1 is 1.40 bits per heavy atom. The number of carbonyl (C=O) groups is 1. The Morgan fingerprint density at radius 2 is 2.25 bits per heavy atom. The van der Waals surface area contributed by atoms with E-state index in [0.717, 1.165) is 0 Å². The molecule has 1 aromatic carbocycles. The van der Waals surface area contributed by atoms with Crippen molar-refractivity contribution in [3.63, 3.8) is 0 Å². The number of anilines is 1. The molecule has 20 heavy (non-hydrogen) atoms. The summed E-state index contributed by atoms with van der Waals surface area (Å²) in [5, 5.41) is 22.4. The molecule has 100 valence electrons. The smallest absolute Gasteiger partial charge is 0.270 e. The minimum absolute atomic E-state index is 0.0504. The van der Waals surface area contributed by atoms with Crippen molar-refractivity contribution < 1.29 is 9.72 Å². The summed E-state index contributed by atoms with van der Waals surface area (Å²) in [5.74, 6) is -0.0120. The fraction of sp³-hybridized carbons (Fsp3) is 0. The van der Waals surface area contributed by atoms with Gasteiger partial charge in [-0.05, 0) is 17.5 Å². The Labute approximate surface area is 116 Å². The summed E-state index contributed by atoms with van der Waals surface area (Å²) in [6.07, 6.45) is 0. The maximum Gasteiger partial charge on any atom is 0.270 e. The van der Waals surface area contributed by atoms with Gasteiger partial charge in [-0.1, -0.05) is 6.07 Å². The van der Waals surface area contributed by atoms with Crippen molar-refractivity contribution in [3.8, 4) is 0 Å². The number of nitrogens with one attached hydrogen (secondary N) is 2. The zero-order chi connectivity index (χ0) is 14.1. The lowest BCUT2D eigenvalue weighted by Gasteiger charge is -1.99. The molecule has 0 atom stereocenters. The second kappa shape index (κ2) is 4.74. The third kappa shape index (κ3) is 2.12. The van der Waals surface area contributed by atoms with Crippen LogP contribution in [-0.2, 0) is 0 Å². The van der Waals surface area contributed by atoms with Crippen molar-refractivity contribution >= 4 is 39.7 Å². The zero-order valence-electron chi connectivity index (χ0n) is 9.99. The number of hydrogen-bond donors (Lipinski definition) is 2. The highest BCUT2D eigenvalue weighted by atomic mass is 32.1. The second-order valence-corrected chi connectivity index (χ2v) is 4.94. The van der Waals surface area contributed by atoms with Crippen molar-refractivity contribution in [2.75, 3.05) is 5.32 Å². The van der Waals surface area contributed by atoms with Crippen LogP contribution >= 0.6 is 11.3 Å². The van der Waals surface area contributed by atoms with E-state index in [1.807, 2.05) is 0 Å². The van der Waals surface area contributed by atoms with Crippen LogP contribution in [0.2, 0.25) is 0 Å². The number of rotatable bonds is 3. The van der Waals surface area contributed by atoms with Crippen molar-refractivity contribution in [3.05, 3.63) is 50.7 Å². The van der Waals surface area contributed by atoms with Crippen LogP contribution in [0.15, 0.2) is 35.7 Å². The summed E-state index contributed by atoms with van der Waals surface area (Å²) >= 11 is 1.31. The van der Waals surface area contributed by atoms with E-state index in [2.05, 4.69) is 15.5 Å². The first kappa shape index (κ1) is 12.3. The number of aromatic amines is 1. The van der Waals surface area contributed by atoms with Gasteiger partial charge in [0, 0.05) is 12.1 Å². The number of fused-ring (bicyclic) bond motifs is 1. The summed E-state index contributed by atoms with van der Waals surface area (Å²) in [5.41, 5.74) is 0.572. The second-order valence-electron chi connectivity index (χ2n) is 3.99. The molecule has 8 heteroatoms. The van der Waals surface area contributed by atoms with Crippen molar-refractivity contribution in [1.82, 2.24) is 10.2 Å². The van der Waals surface area contributed by atoms with Gasteiger partial charge in [-0.2, -0.15) is 5.10 Å². The minimum Gasteiger partial charge on any atom is -0.304 e. The number of thiophene rings is 1. The van der Waals surface area contributed by atoms with Crippen molar-refractivity contribution in [2.45, 2.75) is 0 Å². The van der Waals surface area contributed by atoms with Gasteiger partial charge < -0.3 is 5.32 Å². The Balaban J connectivity index is 1.97. The van der Waals surface area contributed by atoms with Gasteiger partial charge in [0.2, 0.25) is 0 Å². The number of non-ortho nitro benzene ring substituents is 1. The number of aromatic nitrogens is 2. The van der Waals surface area contributed by atoms with Gasteiger partial charge in [0.25, 0.3) is 11.6 Å². The van der Waals surface area contributed by atoms with Gasteiger partial charge in [-0.3, -0.25) is 20.0 Å². The van der Waals surface area contributed by atoms with Crippen LogP contribution in [0, 0.1) is 10.1 Å². The highest BCUT2D eigenvalue weighted by molar-refractivity contribution is 7.12. The minimum atomic E-state index is -0.489. The van der Waals surface area contributed by atoms with Gasteiger partial charge in [0.15, 0.2) is 5.82 Å².